The van der Waals surface area contributed by atoms with Gasteiger partial charge in [-0.2, -0.15) is 0 Å². The molecule has 0 heterocycles. The lowest BCUT2D eigenvalue weighted by Gasteiger charge is -2.43. The molecule has 0 aliphatic heterocycles. The Hall–Kier alpha value is -1.31. The molecule has 146 valence electrons. The van der Waals surface area contributed by atoms with Crippen LogP contribution in [0.5, 0.6) is 0 Å². The van der Waals surface area contributed by atoms with Crippen molar-refractivity contribution >= 4 is 35.8 Å². The zero-order valence-corrected chi connectivity index (χ0v) is 18.7. The summed E-state index contributed by atoms with van der Waals surface area (Å²) in [5.74, 6) is 0.639. The molecule has 26 heavy (non-hydrogen) atoms. The molecule has 0 unspecified atom stereocenters. The maximum absolute atomic E-state index is 12.0. The molecule has 1 saturated carbocycles. The van der Waals surface area contributed by atoms with Crippen molar-refractivity contribution in [3.63, 3.8) is 0 Å². The number of carbonyl (C=O) groups is 1. The van der Waals surface area contributed by atoms with E-state index in [0.29, 0.717) is 5.96 Å². The van der Waals surface area contributed by atoms with E-state index in [1.165, 1.54) is 24.8 Å². The minimum absolute atomic E-state index is 0. The lowest BCUT2D eigenvalue weighted by molar-refractivity contribution is -0.121. The van der Waals surface area contributed by atoms with Gasteiger partial charge >= 0.3 is 0 Å². The molecule has 0 radical (unpaired) electrons. The maximum Gasteiger partial charge on any atom is 0.242 e. The minimum atomic E-state index is -0.234. The summed E-state index contributed by atoms with van der Waals surface area (Å²) in [7, 11) is 0. The van der Waals surface area contributed by atoms with Crippen LogP contribution >= 0.6 is 24.0 Å². The van der Waals surface area contributed by atoms with Crippen LogP contribution in [0.25, 0.3) is 0 Å². The number of benzene rings is 1. The van der Waals surface area contributed by atoms with E-state index in [1.807, 2.05) is 27.7 Å². The molecule has 1 aliphatic rings. The van der Waals surface area contributed by atoms with Crippen LogP contribution in [0.3, 0.4) is 0 Å². The Labute approximate surface area is 174 Å². The van der Waals surface area contributed by atoms with E-state index in [2.05, 4.69) is 51.3 Å². The Bertz CT molecular complexity index is 592. The summed E-state index contributed by atoms with van der Waals surface area (Å²) in [6, 6.07) is 10.7. The summed E-state index contributed by atoms with van der Waals surface area (Å²) in [5.41, 5.74) is 1.34. The molecular weight excluding hydrogens is 439 g/mol. The first-order valence-corrected chi connectivity index (χ1v) is 9.23. The van der Waals surface area contributed by atoms with E-state index in [1.54, 1.807) is 0 Å². The highest BCUT2D eigenvalue weighted by Gasteiger charge is 2.38. The molecule has 1 aliphatic carbocycles. The summed E-state index contributed by atoms with van der Waals surface area (Å²) in [6.45, 7) is 9.68. The second-order valence-corrected chi connectivity index (χ2v) is 7.85. The fourth-order valence-electron chi connectivity index (χ4n) is 3.17. The van der Waals surface area contributed by atoms with Gasteiger partial charge in [-0.3, -0.25) is 4.79 Å². The van der Waals surface area contributed by atoms with Crippen molar-refractivity contribution in [2.75, 3.05) is 19.6 Å². The van der Waals surface area contributed by atoms with E-state index in [4.69, 9.17) is 0 Å². The molecule has 0 atom stereocenters. The summed E-state index contributed by atoms with van der Waals surface area (Å²) in [4.78, 5) is 16.4. The van der Waals surface area contributed by atoms with Crippen molar-refractivity contribution in [1.29, 1.82) is 0 Å². The van der Waals surface area contributed by atoms with E-state index in [-0.39, 0.29) is 47.4 Å². The van der Waals surface area contributed by atoms with Crippen LogP contribution in [0.4, 0.5) is 0 Å². The average molecular weight is 472 g/mol. The maximum atomic E-state index is 12.0. The van der Waals surface area contributed by atoms with E-state index >= 15 is 0 Å². The Balaban J connectivity index is 0.00000338. The third-order valence-corrected chi connectivity index (χ3v) is 4.53. The summed E-state index contributed by atoms with van der Waals surface area (Å²) >= 11 is 0. The van der Waals surface area contributed by atoms with Crippen molar-refractivity contribution < 1.29 is 4.79 Å². The Morgan fingerprint density at radius 2 is 1.81 bits per heavy atom. The van der Waals surface area contributed by atoms with Gasteiger partial charge in [-0.25, -0.2) is 4.99 Å². The highest BCUT2D eigenvalue weighted by Crippen LogP contribution is 2.43. The smallest absolute Gasteiger partial charge is 0.242 e. The first-order valence-electron chi connectivity index (χ1n) is 9.23. The molecule has 3 N–H and O–H groups in total. The number of nitrogens with zero attached hydrogens (tertiary/aromatic N) is 1. The molecule has 0 bridgehead atoms. The number of aliphatic imine (C=N–C) groups is 1. The molecule has 6 heteroatoms. The zero-order chi connectivity index (χ0) is 18.3. The van der Waals surface area contributed by atoms with Gasteiger partial charge in [0, 0.05) is 24.0 Å². The number of rotatable bonds is 6. The SMILES string of the molecule is CCNC(=NCC(=O)NC(C)(C)C)NCC1(c2ccccc2)CCC1.I. The summed E-state index contributed by atoms with van der Waals surface area (Å²) in [6.07, 6.45) is 3.64. The van der Waals surface area contributed by atoms with Crippen LogP contribution in [0, 0.1) is 0 Å². The largest absolute Gasteiger partial charge is 0.357 e. The van der Waals surface area contributed by atoms with Crippen LogP contribution in [0.2, 0.25) is 0 Å². The van der Waals surface area contributed by atoms with Crippen molar-refractivity contribution in [2.45, 2.75) is 57.9 Å². The predicted molar refractivity (Wildman–Crippen MR) is 119 cm³/mol. The van der Waals surface area contributed by atoms with Gasteiger partial charge in [0.2, 0.25) is 5.91 Å². The highest BCUT2D eigenvalue weighted by atomic mass is 127. The standard InChI is InChI=1S/C20H32N4O.HI/c1-5-21-18(22-14-17(25)24-19(2,3)4)23-15-20(12-9-13-20)16-10-7-6-8-11-16;/h6-8,10-11H,5,9,12-15H2,1-4H3,(H,24,25)(H2,21,22,23);1H. The summed E-state index contributed by atoms with van der Waals surface area (Å²) < 4.78 is 0. The van der Waals surface area contributed by atoms with Crippen LogP contribution in [-0.2, 0) is 10.2 Å². The van der Waals surface area contributed by atoms with Crippen LogP contribution < -0.4 is 16.0 Å². The molecule has 0 aromatic heterocycles. The van der Waals surface area contributed by atoms with E-state index in [9.17, 15) is 4.79 Å². The number of hydrogen-bond acceptors (Lipinski definition) is 2. The van der Waals surface area contributed by atoms with Gasteiger partial charge in [0.15, 0.2) is 5.96 Å². The van der Waals surface area contributed by atoms with Gasteiger partial charge in [-0.15, -0.1) is 24.0 Å². The normalized spacial score (nSPS) is 16.1. The molecule has 5 nitrogen and oxygen atoms in total. The number of hydrogen-bond donors (Lipinski definition) is 3. The van der Waals surface area contributed by atoms with Crippen molar-refractivity contribution in [1.82, 2.24) is 16.0 Å². The second-order valence-electron chi connectivity index (χ2n) is 7.85. The molecule has 2 rings (SSSR count). The van der Waals surface area contributed by atoms with Gasteiger partial charge < -0.3 is 16.0 Å². The number of nitrogens with one attached hydrogen (secondary N) is 3. The van der Waals surface area contributed by atoms with E-state index in [0.717, 1.165) is 13.1 Å². The minimum Gasteiger partial charge on any atom is -0.357 e. The van der Waals surface area contributed by atoms with Gasteiger partial charge in [0.05, 0.1) is 0 Å². The molecule has 1 fully saturated rings. The molecular formula is C20H33IN4O. The van der Waals surface area contributed by atoms with Crippen LogP contribution in [-0.4, -0.2) is 37.0 Å². The van der Waals surface area contributed by atoms with Gasteiger partial charge in [-0.1, -0.05) is 36.8 Å². The van der Waals surface area contributed by atoms with Gasteiger partial charge in [-0.05, 0) is 46.1 Å². The monoisotopic (exact) mass is 472 g/mol. The van der Waals surface area contributed by atoms with Crippen LogP contribution in [0.1, 0.15) is 52.5 Å². The first kappa shape index (κ1) is 22.7. The van der Waals surface area contributed by atoms with Gasteiger partial charge in [0.25, 0.3) is 0 Å². The second kappa shape index (κ2) is 10.1. The van der Waals surface area contributed by atoms with Crippen molar-refractivity contribution in [3.05, 3.63) is 35.9 Å². The van der Waals surface area contributed by atoms with E-state index < -0.39 is 0 Å². The Kier molecular flexibility index (Phi) is 8.86. The van der Waals surface area contributed by atoms with Crippen LogP contribution in [0.15, 0.2) is 35.3 Å². The summed E-state index contributed by atoms with van der Waals surface area (Å²) in [5, 5.41) is 9.61. The highest BCUT2D eigenvalue weighted by molar-refractivity contribution is 14.0. The molecule has 1 aromatic carbocycles. The quantitative estimate of drug-likeness (QED) is 0.339. The zero-order valence-electron chi connectivity index (χ0n) is 16.4. The predicted octanol–water partition coefficient (Wildman–Crippen LogP) is 3.20. The third kappa shape index (κ3) is 6.78. The lowest BCUT2D eigenvalue weighted by Crippen LogP contribution is -2.49. The Morgan fingerprint density at radius 1 is 1.15 bits per heavy atom. The van der Waals surface area contributed by atoms with Crippen molar-refractivity contribution in [3.8, 4) is 0 Å². The molecule has 0 saturated heterocycles. The average Bonchev–Trinajstić information content (AvgIpc) is 2.51. The first-order chi connectivity index (χ1) is 11.8. The topological polar surface area (TPSA) is 65.5 Å². The van der Waals surface area contributed by atoms with Gasteiger partial charge in [0.1, 0.15) is 6.54 Å². The molecule has 1 amide bonds. The number of guanidine groups is 1. The molecule has 1 aromatic rings. The molecule has 0 spiro atoms. The Morgan fingerprint density at radius 3 is 2.31 bits per heavy atom. The third-order valence-electron chi connectivity index (χ3n) is 4.53. The number of halogens is 1. The fourth-order valence-corrected chi connectivity index (χ4v) is 3.17. The lowest BCUT2D eigenvalue weighted by atomic mass is 9.64. The number of carbonyl (C=O) groups excluding carboxylic acids is 1. The fraction of sp³-hybridized carbons (Fsp3) is 0.600. The number of amides is 1. The van der Waals surface area contributed by atoms with Crippen molar-refractivity contribution in [2.24, 2.45) is 4.99 Å².